The summed E-state index contributed by atoms with van der Waals surface area (Å²) in [5, 5.41) is 5.50. The summed E-state index contributed by atoms with van der Waals surface area (Å²) in [6.45, 7) is 3.57. The van der Waals surface area contributed by atoms with Gasteiger partial charge >= 0.3 is 5.97 Å². The highest BCUT2D eigenvalue weighted by molar-refractivity contribution is 6.06. The van der Waals surface area contributed by atoms with E-state index in [2.05, 4.69) is 10.6 Å². The number of hydrogen-bond acceptors (Lipinski definition) is 4. The van der Waals surface area contributed by atoms with E-state index in [-0.39, 0.29) is 24.3 Å². The lowest BCUT2D eigenvalue weighted by Gasteiger charge is -2.09. The van der Waals surface area contributed by atoms with Gasteiger partial charge in [-0.2, -0.15) is 0 Å². The number of esters is 1. The standard InChI is InChI=1S/C19H18N2O4/c1-11(2)25-19(24)12-3-6-15(7-4-12)20-18(23)13-5-8-16-14(9-13)10-17(22)21-16/h3-9,11H,10H2,1-2H3,(H,20,23)(H,21,22). The number of rotatable bonds is 4. The average Bonchev–Trinajstić information content (AvgIpc) is 2.93. The van der Waals surface area contributed by atoms with Crippen LogP contribution in [0.5, 0.6) is 0 Å². The van der Waals surface area contributed by atoms with E-state index < -0.39 is 5.97 Å². The molecule has 0 aliphatic carbocycles. The Labute approximate surface area is 145 Å². The Morgan fingerprint density at radius 3 is 2.44 bits per heavy atom. The number of hydrogen-bond donors (Lipinski definition) is 2. The second kappa shape index (κ2) is 6.76. The number of carbonyl (C=O) groups is 3. The fourth-order valence-electron chi connectivity index (χ4n) is 2.55. The number of carbonyl (C=O) groups excluding carboxylic acids is 3. The molecule has 1 aliphatic heterocycles. The van der Waals surface area contributed by atoms with Crippen molar-refractivity contribution in [3.05, 3.63) is 59.2 Å². The van der Waals surface area contributed by atoms with E-state index in [0.29, 0.717) is 16.8 Å². The van der Waals surface area contributed by atoms with Crippen LogP contribution in [0.3, 0.4) is 0 Å². The van der Waals surface area contributed by atoms with Gasteiger partial charge in [0.1, 0.15) is 0 Å². The SMILES string of the molecule is CC(C)OC(=O)c1ccc(NC(=O)c2ccc3c(c2)CC(=O)N3)cc1. The molecule has 2 amide bonds. The van der Waals surface area contributed by atoms with E-state index in [1.165, 1.54) is 0 Å². The van der Waals surface area contributed by atoms with Crippen molar-refractivity contribution in [2.75, 3.05) is 10.6 Å². The molecule has 0 atom stereocenters. The maximum atomic E-state index is 12.4. The summed E-state index contributed by atoms with van der Waals surface area (Å²) in [7, 11) is 0. The summed E-state index contributed by atoms with van der Waals surface area (Å²) in [5.41, 5.74) is 3.02. The molecule has 0 fully saturated rings. The number of amides is 2. The van der Waals surface area contributed by atoms with Crippen molar-refractivity contribution < 1.29 is 19.1 Å². The van der Waals surface area contributed by atoms with Gasteiger partial charge in [0.25, 0.3) is 5.91 Å². The Morgan fingerprint density at radius 1 is 1.08 bits per heavy atom. The van der Waals surface area contributed by atoms with E-state index in [4.69, 9.17) is 4.74 Å². The zero-order chi connectivity index (χ0) is 18.0. The fraction of sp³-hybridized carbons (Fsp3) is 0.211. The first kappa shape index (κ1) is 16.7. The average molecular weight is 338 g/mol. The van der Waals surface area contributed by atoms with Gasteiger partial charge in [0.2, 0.25) is 5.91 Å². The van der Waals surface area contributed by atoms with Crippen molar-refractivity contribution >= 4 is 29.2 Å². The molecule has 1 heterocycles. The van der Waals surface area contributed by atoms with Crippen LogP contribution in [-0.4, -0.2) is 23.9 Å². The van der Waals surface area contributed by atoms with Crippen LogP contribution in [-0.2, 0) is 16.0 Å². The molecule has 0 bridgehead atoms. The lowest BCUT2D eigenvalue weighted by atomic mass is 10.1. The van der Waals surface area contributed by atoms with Crippen molar-refractivity contribution in [1.82, 2.24) is 0 Å². The van der Waals surface area contributed by atoms with Gasteiger partial charge in [0.05, 0.1) is 18.1 Å². The number of anilines is 2. The Bertz CT molecular complexity index is 841. The highest BCUT2D eigenvalue weighted by Gasteiger charge is 2.19. The molecule has 0 spiro atoms. The Balaban J connectivity index is 1.68. The molecule has 0 unspecified atom stereocenters. The van der Waals surface area contributed by atoms with Crippen LogP contribution in [0.25, 0.3) is 0 Å². The molecule has 2 aromatic rings. The topological polar surface area (TPSA) is 84.5 Å². The summed E-state index contributed by atoms with van der Waals surface area (Å²) in [6, 6.07) is 11.6. The molecule has 2 N–H and O–H groups in total. The molecular formula is C19H18N2O4. The van der Waals surface area contributed by atoms with Crippen LogP contribution < -0.4 is 10.6 Å². The number of fused-ring (bicyclic) bond motifs is 1. The summed E-state index contributed by atoms with van der Waals surface area (Å²) >= 11 is 0. The maximum Gasteiger partial charge on any atom is 0.338 e. The molecule has 0 aromatic heterocycles. The van der Waals surface area contributed by atoms with Gasteiger partial charge in [-0.15, -0.1) is 0 Å². The second-order valence-corrected chi connectivity index (χ2v) is 6.08. The second-order valence-electron chi connectivity index (χ2n) is 6.08. The van der Waals surface area contributed by atoms with E-state index in [0.717, 1.165) is 11.3 Å². The van der Waals surface area contributed by atoms with Crippen LogP contribution in [0.4, 0.5) is 11.4 Å². The molecule has 0 saturated heterocycles. The molecule has 3 rings (SSSR count). The van der Waals surface area contributed by atoms with E-state index in [1.807, 2.05) is 0 Å². The highest BCUT2D eigenvalue weighted by Crippen LogP contribution is 2.24. The summed E-state index contributed by atoms with van der Waals surface area (Å²) in [5.74, 6) is -0.750. The summed E-state index contributed by atoms with van der Waals surface area (Å²) in [4.78, 5) is 35.5. The zero-order valence-electron chi connectivity index (χ0n) is 14.0. The van der Waals surface area contributed by atoms with Gasteiger partial charge in [-0.3, -0.25) is 9.59 Å². The molecular weight excluding hydrogens is 320 g/mol. The van der Waals surface area contributed by atoms with Crippen LogP contribution in [0.2, 0.25) is 0 Å². The minimum Gasteiger partial charge on any atom is -0.459 e. The third-order valence-corrected chi connectivity index (χ3v) is 3.71. The zero-order valence-corrected chi connectivity index (χ0v) is 14.0. The smallest absolute Gasteiger partial charge is 0.338 e. The van der Waals surface area contributed by atoms with Gasteiger partial charge in [-0.25, -0.2) is 4.79 Å². The predicted molar refractivity (Wildman–Crippen MR) is 93.7 cm³/mol. The molecule has 6 heteroatoms. The quantitative estimate of drug-likeness (QED) is 0.839. The monoisotopic (exact) mass is 338 g/mol. The van der Waals surface area contributed by atoms with Crippen LogP contribution in [0, 0.1) is 0 Å². The normalized spacial score (nSPS) is 12.5. The lowest BCUT2D eigenvalue weighted by molar-refractivity contribution is -0.115. The summed E-state index contributed by atoms with van der Waals surface area (Å²) < 4.78 is 5.12. The third kappa shape index (κ3) is 3.85. The number of ether oxygens (including phenoxy) is 1. The number of nitrogens with one attached hydrogen (secondary N) is 2. The van der Waals surface area contributed by atoms with E-state index in [1.54, 1.807) is 56.3 Å². The summed E-state index contributed by atoms with van der Waals surface area (Å²) in [6.07, 6.45) is 0.0939. The molecule has 2 aromatic carbocycles. The molecule has 0 radical (unpaired) electrons. The molecule has 128 valence electrons. The first-order valence-electron chi connectivity index (χ1n) is 7.97. The first-order chi connectivity index (χ1) is 11.9. The van der Waals surface area contributed by atoms with Crippen molar-refractivity contribution in [3.63, 3.8) is 0 Å². The van der Waals surface area contributed by atoms with Crippen LogP contribution in [0.1, 0.15) is 40.1 Å². The molecule has 1 aliphatic rings. The maximum absolute atomic E-state index is 12.4. The highest BCUT2D eigenvalue weighted by atomic mass is 16.5. The Morgan fingerprint density at radius 2 is 1.76 bits per heavy atom. The first-order valence-corrected chi connectivity index (χ1v) is 7.97. The minimum atomic E-state index is -0.399. The molecule has 0 saturated carbocycles. The Hall–Kier alpha value is -3.15. The third-order valence-electron chi connectivity index (χ3n) is 3.71. The lowest BCUT2D eigenvalue weighted by Crippen LogP contribution is -2.13. The van der Waals surface area contributed by atoms with Gasteiger partial charge < -0.3 is 15.4 Å². The van der Waals surface area contributed by atoms with Gasteiger partial charge in [0, 0.05) is 16.9 Å². The fourth-order valence-corrected chi connectivity index (χ4v) is 2.55. The van der Waals surface area contributed by atoms with Gasteiger partial charge in [-0.1, -0.05) is 0 Å². The van der Waals surface area contributed by atoms with Crippen molar-refractivity contribution in [2.45, 2.75) is 26.4 Å². The van der Waals surface area contributed by atoms with Crippen molar-refractivity contribution in [3.8, 4) is 0 Å². The van der Waals surface area contributed by atoms with Crippen molar-refractivity contribution in [1.29, 1.82) is 0 Å². The molecule has 25 heavy (non-hydrogen) atoms. The Kier molecular flexibility index (Phi) is 4.52. The van der Waals surface area contributed by atoms with Crippen LogP contribution in [0.15, 0.2) is 42.5 Å². The van der Waals surface area contributed by atoms with E-state index >= 15 is 0 Å². The van der Waals surface area contributed by atoms with E-state index in [9.17, 15) is 14.4 Å². The van der Waals surface area contributed by atoms with Crippen molar-refractivity contribution in [2.24, 2.45) is 0 Å². The van der Waals surface area contributed by atoms with Crippen LogP contribution >= 0.6 is 0 Å². The van der Waals surface area contributed by atoms with Gasteiger partial charge in [-0.05, 0) is 61.9 Å². The minimum absolute atomic E-state index is 0.0727. The molecule has 6 nitrogen and oxygen atoms in total. The largest absolute Gasteiger partial charge is 0.459 e. The predicted octanol–water partition coefficient (Wildman–Crippen LogP) is 3.00. The number of benzene rings is 2. The van der Waals surface area contributed by atoms with Gasteiger partial charge in [0.15, 0.2) is 0 Å².